The van der Waals surface area contributed by atoms with Gasteiger partial charge >= 0.3 is 0 Å². The smallest absolute Gasteiger partial charge is 0.0701 e. The molecule has 0 rings (SSSR count). The summed E-state index contributed by atoms with van der Waals surface area (Å²) in [4.78, 5) is 0. The van der Waals surface area contributed by atoms with Crippen molar-refractivity contribution in [1.82, 2.24) is 0 Å². The third-order valence-electron chi connectivity index (χ3n) is 7.01. The van der Waals surface area contributed by atoms with E-state index >= 15 is 0 Å². The summed E-state index contributed by atoms with van der Waals surface area (Å²) >= 11 is 0. The van der Waals surface area contributed by atoms with Crippen LogP contribution in [0.5, 0.6) is 0 Å². The maximum Gasteiger partial charge on any atom is 0.0701 e. The van der Waals surface area contributed by atoms with Gasteiger partial charge in [0, 0.05) is 13.2 Å². The van der Waals surface area contributed by atoms with E-state index in [1.165, 1.54) is 77.0 Å². The molecule has 0 aliphatic carbocycles. The summed E-state index contributed by atoms with van der Waals surface area (Å²) < 4.78 is 49.6. The molecule has 0 amide bonds. The van der Waals surface area contributed by atoms with E-state index in [-0.39, 0.29) is 0 Å². The highest BCUT2D eigenvalue weighted by atomic mass is 16.6. The Morgan fingerprint density at radius 2 is 0.364 bits per heavy atom. The second-order valence-electron chi connectivity index (χ2n) is 11.1. The molecule has 0 aromatic rings. The summed E-state index contributed by atoms with van der Waals surface area (Å²) in [6.07, 6.45) is 20.1. The van der Waals surface area contributed by atoms with Crippen LogP contribution in [0.25, 0.3) is 0 Å². The molecule has 9 nitrogen and oxygen atoms in total. The van der Waals surface area contributed by atoms with Crippen LogP contribution in [-0.4, -0.2) is 119 Å². The molecule has 0 N–H and O–H groups in total. The highest BCUT2D eigenvalue weighted by molar-refractivity contribution is 4.49. The summed E-state index contributed by atoms with van der Waals surface area (Å²) in [5, 5.41) is 0. The van der Waals surface area contributed by atoms with Gasteiger partial charge in [-0.05, 0) is 12.8 Å². The molecule has 0 atom stereocenters. The lowest BCUT2D eigenvalue weighted by atomic mass is 10.0. The van der Waals surface area contributed by atoms with Crippen LogP contribution >= 0.6 is 0 Å². The first-order chi connectivity index (χ1) is 21.9. The molecule has 0 unspecified atom stereocenters. The lowest BCUT2D eigenvalue weighted by Gasteiger charge is -2.09. The van der Waals surface area contributed by atoms with E-state index in [1.54, 1.807) is 0 Å². The summed E-state index contributed by atoms with van der Waals surface area (Å²) in [5.41, 5.74) is 0. The van der Waals surface area contributed by atoms with Crippen LogP contribution in [0.15, 0.2) is 0 Å². The highest BCUT2D eigenvalue weighted by Crippen LogP contribution is 2.12. The normalized spacial score (nSPS) is 11.6. The van der Waals surface area contributed by atoms with Gasteiger partial charge in [0.1, 0.15) is 0 Å². The maximum atomic E-state index is 5.67. The largest absolute Gasteiger partial charge is 0.379 e. The Kier molecular flexibility index (Phi) is 42.3. The first-order valence-corrected chi connectivity index (χ1v) is 18.1. The zero-order valence-corrected chi connectivity index (χ0v) is 29.0. The molecule has 0 aliphatic heterocycles. The Hall–Kier alpha value is -0.360. The Bertz CT molecular complexity index is 443. The van der Waals surface area contributed by atoms with Crippen LogP contribution in [0.1, 0.15) is 110 Å². The lowest BCUT2D eigenvalue weighted by molar-refractivity contribution is -0.0250. The molecular weight excluding hydrogens is 564 g/mol. The maximum absolute atomic E-state index is 5.67. The van der Waals surface area contributed by atoms with Crippen LogP contribution in [0.2, 0.25) is 0 Å². The summed E-state index contributed by atoms with van der Waals surface area (Å²) in [7, 11) is 0. The van der Waals surface area contributed by atoms with Crippen molar-refractivity contribution in [2.45, 2.75) is 110 Å². The SMILES string of the molecule is CCCCCCCCCCCCCCCOCCOCCOCCOCCOCCOCCOCCOCCOCCCC. The molecular formula is C35H72O9. The van der Waals surface area contributed by atoms with Crippen LogP contribution in [-0.2, 0) is 42.6 Å². The summed E-state index contributed by atoms with van der Waals surface area (Å²) in [6, 6.07) is 0. The van der Waals surface area contributed by atoms with E-state index in [1.807, 2.05) is 0 Å². The second kappa shape index (κ2) is 42.6. The number of hydrogen-bond donors (Lipinski definition) is 0. The van der Waals surface area contributed by atoms with Gasteiger partial charge in [0.2, 0.25) is 0 Å². The van der Waals surface area contributed by atoms with Crippen molar-refractivity contribution in [2.24, 2.45) is 0 Å². The minimum Gasteiger partial charge on any atom is -0.379 e. The van der Waals surface area contributed by atoms with E-state index in [0.717, 1.165) is 32.5 Å². The number of ether oxygens (including phenoxy) is 9. The van der Waals surface area contributed by atoms with E-state index < -0.39 is 0 Å². The number of unbranched alkanes of at least 4 members (excludes halogenated alkanes) is 13. The van der Waals surface area contributed by atoms with E-state index in [2.05, 4.69) is 13.8 Å². The first kappa shape index (κ1) is 43.6. The molecule has 0 saturated heterocycles. The molecule has 9 heteroatoms. The first-order valence-electron chi connectivity index (χ1n) is 18.1. The van der Waals surface area contributed by atoms with Gasteiger partial charge in [-0.25, -0.2) is 0 Å². The van der Waals surface area contributed by atoms with Gasteiger partial charge in [-0.3, -0.25) is 0 Å². The van der Waals surface area contributed by atoms with Crippen molar-refractivity contribution in [3.8, 4) is 0 Å². The molecule has 44 heavy (non-hydrogen) atoms. The van der Waals surface area contributed by atoms with Crippen molar-refractivity contribution >= 4 is 0 Å². The highest BCUT2D eigenvalue weighted by Gasteiger charge is 1.97. The van der Waals surface area contributed by atoms with Crippen molar-refractivity contribution in [2.75, 3.05) is 119 Å². The Balaban J connectivity index is 3.03. The fourth-order valence-electron chi connectivity index (χ4n) is 4.33. The van der Waals surface area contributed by atoms with Gasteiger partial charge in [-0.15, -0.1) is 0 Å². The van der Waals surface area contributed by atoms with E-state index in [9.17, 15) is 0 Å². The van der Waals surface area contributed by atoms with Crippen molar-refractivity contribution in [1.29, 1.82) is 0 Å². The average molecular weight is 637 g/mol. The standard InChI is InChI=1S/C35H72O9/c1-3-5-7-8-9-10-11-12-13-14-15-16-17-19-37-21-23-39-25-27-41-29-31-43-33-35-44-34-32-42-30-28-40-26-24-38-22-20-36-18-6-4-2/h3-35H2,1-2H3. The average Bonchev–Trinajstić information content (AvgIpc) is 3.04. The summed E-state index contributed by atoms with van der Waals surface area (Å²) in [6.45, 7) is 15.3. The fourth-order valence-corrected chi connectivity index (χ4v) is 4.33. The molecule has 0 heterocycles. The van der Waals surface area contributed by atoms with Gasteiger partial charge in [0.15, 0.2) is 0 Å². The van der Waals surface area contributed by atoms with Crippen molar-refractivity contribution in [3.63, 3.8) is 0 Å². The zero-order valence-electron chi connectivity index (χ0n) is 29.0. The Morgan fingerprint density at radius 3 is 0.614 bits per heavy atom. The molecule has 0 saturated carbocycles. The Labute approximate surface area is 271 Å². The minimum absolute atomic E-state index is 0.543. The van der Waals surface area contributed by atoms with E-state index in [4.69, 9.17) is 42.6 Å². The van der Waals surface area contributed by atoms with Crippen LogP contribution in [0.4, 0.5) is 0 Å². The van der Waals surface area contributed by atoms with Gasteiger partial charge in [-0.2, -0.15) is 0 Å². The molecule has 0 aromatic heterocycles. The van der Waals surface area contributed by atoms with Crippen LogP contribution < -0.4 is 0 Å². The van der Waals surface area contributed by atoms with Crippen molar-refractivity contribution in [3.05, 3.63) is 0 Å². The third-order valence-corrected chi connectivity index (χ3v) is 7.01. The van der Waals surface area contributed by atoms with Gasteiger partial charge < -0.3 is 42.6 Å². The topological polar surface area (TPSA) is 83.1 Å². The zero-order chi connectivity index (χ0) is 31.7. The van der Waals surface area contributed by atoms with Gasteiger partial charge in [0.05, 0.1) is 106 Å². The molecule has 0 aliphatic rings. The van der Waals surface area contributed by atoms with E-state index in [0.29, 0.717) is 106 Å². The molecule has 0 aromatic carbocycles. The predicted molar refractivity (Wildman–Crippen MR) is 178 cm³/mol. The second-order valence-corrected chi connectivity index (χ2v) is 11.1. The molecule has 0 spiro atoms. The quantitative estimate of drug-likeness (QED) is 0.0657. The number of hydrogen-bond acceptors (Lipinski definition) is 9. The van der Waals surface area contributed by atoms with Crippen LogP contribution in [0.3, 0.4) is 0 Å². The summed E-state index contributed by atoms with van der Waals surface area (Å²) in [5.74, 6) is 0. The molecule has 266 valence electrons. The molecule has 0 fully saturated rings. The van der Waals surface area contributed by atoms with Crippen LogP contribution in [0, 0.1) is 0 Å². The monoisotopic (exact) mass is 637 g/mol. The van der Waals surface area contributed by atoms with Gasteiger partial charge in [-0.1, -0.05) is 97.3 Å². The Morgan fingerprint density at radius 1 is 0.182 bits per heavy atom. The third kappa shape index (κ3) is 41.6. The molecule has 0 radical (unpaired) electrons. The fraction of sp³-hybridized carbons (Fsp3) is 1.00. The van der Waals surface area contributed by atoms with Crippen molar-refractivity contribution < 1.29 is 42.6 Å². The van der Waals surface area contributed by atoms with Gasteiger partial charge in [0.25, 0.3) is 0 Å². The minimum atomic E-state index is 0.543. The predicted octanol–water partition coefficient (Wildman–Crippen LogP) is 7.03. The number of rotatable bonds is 41. The molecule has 0 bridgehead atoms. The lowest BCUT2D eigenvalue weighted by Crippen LogP contribution is -2.15.